The Hall–Kier alpha value is -1.28. The molecule has 96 valence electrons. The standard InChI is InChI=1S/C9H14F2N4OS/c1-5(4-17(2)16)13-8-6(10)3-7(11)9(14-8)15-12/h3,5H,4,12H2,1-2H3,(H2,13,14,15). The van der Waals surface area contributed by atoms with Gasteiger partial charge in [0.1, 0.15) is 0 Å². The van der Waals surface area contributed by atoms with Crippen LogP contribution < -0.4 is 16.6 Å². The zero-order valence-corrected chi connectivity index (χ0v) is 10.3. The van der Waals surface area contributed by atoms with Gasteiger partial charge in [-0.1, -0.05) is 0 Å². The van der Waals surface area contributed by atoms with Crippen molar-refractivity contribution in [2.24, 2.45) is 5.84 Å². The molecule has 0 spiro atoms. The molecule has 0 aromatic carbocycles. The Kier molecular flexibility index (Phi) is 4.76. The van der Waals surface area contributed by atoms with Crippen molar-refractivity contribution < 1.29 is 13.0 Å². The number of hydrazine groups is 1. The predicted octanol–water partition coefficient (Wildman–Crippen LogP) is 0.824. The second-order valence-corrected chi connectivity index (χ2v) is 5.06. The van der Waals surface area contributed by atoms with E-state index in [2.05, 4.69) is 10.3 Å². The smallest absolute Gasteiger partial charge is 0.178 e. The molecule has 1 aromatic heterocycles. The van der Waals surface area contributed by atoms with Crippen LogP contribution in [0.3, 0.4) is 0 Å². The molecule has 1 aromatic rings. The fourth-order valence-electron chi connectivity index (χ4n) is 1.30. The van der Waals surface area contributed by atoms with Gasteiger partial charge in [-0.25, -0.2) is 19.6 Å². The van der Waals surface area contributed by atoms with Crippen molar-refractivity contribution in [2.45, 2.75) is 13.0 Å². The Labute approximate surface area is 100 Å². The number of rotatable bonds is 5. The first kappa shape index (κ1) is 13.8. The summed E-state index contributed by atoms with van der Waals surface area (Å²) in [7, 11) is -1.01. The SMILES string of the molecule is CC(CS(C)=O)Nc1nc(NN)c(F)cc1F. The minimum absolute atomic E-state index is 0.127. The van der Waals surface area contributed by atoms with Gasteiger partial charge >= 0.3 is 0 Å². The number of hydrogen-bond donors (Lipinski definition) is 3. The van der Waals surface area contributed by atoms with Gasteiger partial charge in [-0.05, 0) is 6.92 Å². The minimum Gasteiger partial charge on any atom is -0.364 e. The van der Waals surface area contributed by atoms with Crippen LogP contribution in [-0.4, -0.2) is 27.2 Å². The van der Waals surface area contributed by atoms with Gasteiger partial charge in [0.25, 0.3) is 0 Å². The van der Waals surface area contributed by atoms with Crippen molar-refractivity contribution >= 4 is 22.4 Å². The first-order valence-electron chi connectivity index (χ1n) is 4.83. The normalized spacial score (nSPS) is 14.2. The van der Waals surface area contributed by atoms with Crippen LogP contribution in [-0.2, 0) is 10.8 Å². The van der Waals surface area contributed by atoms with Crippen LogP contribution in [0.4, 0.5) is 20.4 Å². The van der Waals surface area contributed by atoms with Crippen LogP contribution in [0.1, 0.15) is 6.92 Å². The maximum absolute atomic E-state index is 13.4. The van der Waals surface area contributed by atoms with Crippen molar-refractivity contribution in [3.8, 4) is 0 Å². The summed E-state index contributed by atoms with van der Waals surface area (Å²) in [5, 5.41) is 2.70. The van der Waals surface area contributed by atoms with Crippen LogP contribution in [0, 0.1) is 11.6 Å². The molecule has 0 fully saturated rings. The van der Waals surface area contributed by atoms with Gasteiger partial charge in [-0.15, -0.1) is 0 Å². The van der Waals surface area contributed by atoms with Gasteiger partial charge in [0, 0.05) is 34.9 Å². The predicted molar refractivity (Wildman–Crippen MR) is 64.0 cm³/mol. The molecular weight excluding hydrogens is 250 g/mol. The molecule has 0 aliphatic heterocycles. The molecule has 0 saturated carbocycles. The Bertz CT molecular complexity index is 430. The zero-order valence-electron chi connectivity index (χ0n) is 9.46. The molecular formula is C9H14F2N4OS. The van der Waals surface area contributed by atoms with Gasteiger partial charge < -0.3 is 10.7 Å². The first-order chi connectivity index (χ1) is 7.93. The Morgan fingerprint density at radius 2 is 2.06 bits per heavy atom. The third-order valence-corrected chi connectivity index (χ3v) is 2.90. The van der Waals surface area contributed by atoms with Gasteiger partial charge in [0.05, 0.1) is 0 Å². The van der Waals surface area contributed by atoms with Crippen LogP contribution in [0.5, 0.6) is 0 Å². The Balaban J connectivity index is 2.87. The van der Waals surface area contributed by atoms with E-state index in [9.17, 15) is 13.0 Å². The summed E-state index contributed by atoms with van der Waals surface area (Å²) in [6.45, 7) is 1.72. The fraction of sp³-hybridized carbons (Fsp3) is 0.444. The van der Waals surface area contributed by atoms with Crippen molar-refractivity contribution in [1.29, 1.82) is 0 Å². The van der Waals surface area contributed by atoms with Gasteiger partial charge in [0.15, 0.2) is 23.3 Å². The summed E-state index contributed by atoms with van der Waals surface area (Å²) in [5.74, 6) is 3.29. The number of hydrogen-bond acceptors (Lipinski definition) is 5. The Morgan fingerprint density at radius 1 is 1.47 bits per heavy atom. The molecule has 4 N–H and O–H groups in total. The quantitative estimate of drug-likeness (QED) is 0.542. The fourth-order valence-corrected chi connectivity index (χ4v) is 2.08. The lowest BCUT2D eigenvalue weighted by molar-refractivity contribution is 0.576. The molecule has 0 radical (unpaired) electrons. The molecule has 2 atom stereocenters. The monoisotopic (exact) mass is 264 g/mol. The van der Waals surface area contributed by atoms with Gasteiger partial charge in [0.2, 0.25) is 0 Å². The van der Waals surface area contributed by atoms with Crippen molar-refractivity contribution in [2.75, 3.05) is 22.8 Å². The summed E-state index contributed by atoms with van der Waals surface area (Å²) < 4.78 is 37.4. The highest BCUT2D eigenvalue weighted by atomic mass is 32.2. The summed E-state index contributed by atoms with van der Waals surface area (Å²) in [4.78, 5) is 3.64. The Morgan fingerprint density at radius 3 is 2.59 bits per heavy atom. The number of pyridine rings is 1. The summed E-state index contributed by atoms with van der Waals surface area (Å²) >= 11 is 0. The van der Waals surface area contributed by atoms with Crippen molar-refractivity contribution in [1.82, 2.24) is 4.98 Å². The highest BCUT2D eigenvalue weighted by molar-refractivity contribution is 7.84. The van der Waals surface area contributed by atoms with Crippen LogP contribution in [0.15, 0.2) is 6.07 Å². The molecule has 17 heavy (non-hydrogen) atoms. The lowest BCUT2D eigenvalue weighted by Crippen LogP contribution is -2.24. The number of aromatic nitrogens is 1. The summed E-state index contributed by atoms with van der Waals surface area (Å²) in [6, 6.07) is 0.430. The molecule has 8 heteroatoms. The van der Waals surface area contributed by atoms with Crippen LogP contribution in [0.25, 0.3) is 0 Å². The average Bonchev–Trinajstić information content (AvgIpc) is 2.20. The van der Waals surface area contributed by atoms with E-state index in [1.807, 2.05) is 5.43 Å². The van der Waals surface area contributed by atoms with Crippen molar-refractivity contribution in [3.05, 3.63) is 17.7 Å². The van der Waals surface area contributed by atoms with E-state index in [-0.39, 0.29) is 17.7 Å². The molecule has 0 saturated heterocycles. The summed E-state index contributed by atoms with van der Waals surface area (Å²) in [5.41, 5.74) is 2.02. The molecule has 0 amide bonds. The molecule has 0 aliphatic carbocycles. The topological polar surface area (TPSA) is 80.0 Å². The van der Waals surface area contributed by atoms with E-state index in [0.717, 1.165) is 0 Å². The van der Waals surface area contributed by atoms with E-state index in [1.165, 1.54) is 0 Å². The number of nitrogens with zero attached hydrogens (tertiary/aromatic N) is 1. The lowest BCUT2D eigenvalue weighted by atomic mass is 10.3. The molecule has 2 unspecified atom stereocenters. The largest absolute Gasteiger partial charge is 0.364 e. The average molecular weight is 264 g/mol. The second-order valence-electron chi connectivity index (χ2n) is 3.58. The van der Waals surface area contributed by atoms with Gasteiger partial charge in [-0.3, -0.25) is 4.21 Å². The van der Waals surface area contributed by atoms with E-state index >= 15 is 0 Å². The maximum Gasteiger partial charge on any atom is 0.178 e. The summed E-state index contributed by atoms with van der Waals surface area (Å²) in [6.07, 6.45) is 1.54. The first-order valence-corrected chi connectivity index (χ1v) is 6.56. The number of anilines is 2. The van der Waals surface area contributed by atoms with Crippen LogP contribution in [0.2, 0.25) is 0 Å². The highest BCUT2D eigenvalue weighted by Crippen LogP contribution is 2.18. The molecule has 5 nitrogen and oxygen atoms in total. The molecule has 0 aliphatic rings. The second kappa shape index (κ2) is 5.87. The van der Waals surface area contributed by atoms with E-state index in [0.29, 0.717) is 11.8 Å². The third kappa shape index (κ3) is 3.90. The zero-order chi connectivity index (χ0) is 13.0. The molecule has 1 rings (SSSR count). The molecule has 0 bridgehead atoms. The van der Waals surface area contributed by atoms with Crippen LogP contribution >= 0.6 is 0 Å². The van der Waals surface area contributed by atoms with E-state index < -0.39 is 22.4 Å². The van der Waals surface area contributed by atoms with E-state index in [1.54, 1.807) is 13.2 Å². The highest BCUT2D eigenvalue weighted by Gasteiger charge is 2.13. The lowest BCUT2D eigenvalue weighted by Gasteiger charge is -2.14. The van der Waals surface area contributed by atoms with E-state index in [4.69, 9.17) is 5.84 Å². The minimum atomic E-state index is -1.01. The maximum atomic E-state index is 13.4. The number of halogens is 2. The number of nitrogens with one attached hydrogen (secondary N) is 2. The van der Waals surface area contributed by atoms with Crippen molar-refractivity contribution in [3.63, 3.8) is 0 Å². The number of nitrogens with two attached hydrogens (primary N) is 1. The third-order valence-electron chi connectivity index (χ3n) is 1.93. The number of nitrogen functional groups attached to an aromatic ring is 1. The molecule has 1 heterocycles. The van der Waals surface area contributed by atoms with Gasteiger partial charge in [-0.2, -0.15) is 0 Å².